The Hall–Kier alpha value is -0.940. The van der Waals surface area contributed by atoms with Gasteiger partial charge in [0.1, 0.15) is 4.88 Å². The molecule has 0 aliphatic rings. The summed E-state index contributed by atoms with van der Waals surface area (Å²) in [5.41, 5.74) is 0. The molecular weight excluding hydrogens is 236 g/mol. The van der Waals surface area contributed by atoms with Crippen LogP contribution in [0.5, 0.6) is 0 Å². The van der Waals surface area contributed by atoms with Crippen LogP contribution >= 0.6 is 11.3 Å². The average Bonchev–Trinajstić information content (AvgIpc) is 2.73. The van der Waals surface area contributed by atoms with Gasteiger partial charge in [-0.1, -0.05) is 13.8 Å². The van der Waals surface area contributed by atoms with Gasteiger partial charge in [-0.15, -0.1) is 11.3 Å². The Kier molecular flexibility index (Phi) is 5.08. The molecule has 0 saturated heterocycles. The number of rotatable bonds is 5. The Morgan fingerprint density at radius 1 is 1.53 bits per heavy atom. The van der Waals surface area contributed by atoms with Gasteiger partial charge in [0.2, 0.25) is 0 Å². The molecule has 4 nitrogen and oxygen atoms in total. The summed E-state index contributed by atoms with van der Waals surface area (Å²) < 4.78 is 0. The van der Waals surface area contributed by atoms with E-state index in [0.29, 0.717) is 23.8 Å². The Labute approximate surface area is 106 Å². The van der Waals surface area contributed by atoms with Gasteiger partial charge in [-0.3, -0.25) is 4.79 Å². The Balaban J connectivity index is 2.61. The van der Waals surface area contributed by atoms with Gasteiger partial charge in [0, 0.05) is 19.5 Å². The first kappa shape index (κ1) is 14.1. The zero-order valence-electron chi connectivity index (χ0n) is 10.8. The summed E-state index contributed by atoms with van der Waals surface area (Å²) in [7, 11) is 1.75. The molecule has 0 bridgehead atoms. The number of thiazole rings is 1. The predicted octanol–water partition coefficient (Wildman–Crippen LogP) is 2.11. The fraction of sp³-hybridized carbons (Fsp3) is 0.667. The molecule has 1 atom stereocenters. The van der Waals surface area contributed by atoms with E-state index < -0.39 is 0 Å². The molecule has 1 heterocycles. The average molecular weight is 256 g/mol. The molecule has 0 radical (unpaired) electrons. The molecule has 1 aromatic heterocycles. The van der Waals surface area contributed by atoms with Gasteiger partial charge < -0.3 is 10.0 Å². The van der Waals surface area contributed by atoms with Crippen LogP contribution in [0, 0.1) is 0 Å². The highest BCUT2D eigenvalue weighted by Gasteiger charge is 2.16. The second kappa shape index (κ2) is 6.12. The molecule has 0 aliphatic carbocycles. The summed E-state index contributed by atoms with van der Waals surface area (Å²) in [4.78, 5) is 18.5. The number of hydrogen-bond acceptors (Lipinski definition) is 4. The standard InChI is InChI=1S/C12H20N2O2S/c1-8(2)11-13-7-10(17-11)12(16)14(4)6-5-9(3)15/h7-9,15H,5-6H2,1-4H3. The van der Waals surface area contributed by atoms with Crippen molar-refractivity contribution in [3.05, 3.63) is 16.1 Å². The first-order valence-corrected chi connectivity index (χ1v) is 6.62. The van der Waals surface area contributed by atoms with Crippen molar-refractivity contribution >= 4 is 17.2 Å². The maximum atomic E-state index is 12.0. The number of carbonyl (C=O) groups excluding carboxylic acids is 1. The fourth-order valence-electron chi connectivity index (χ4n) is 1.32. The van der Waals surface area contributed by atoms with Crippen molar-refractivity contribution in [2.75, 3.05) is 13.6 Å². The Morgan fingerprint density at radius 2 is 2.18 bits per heavy atom. The topological polar surface area (TPSA) is 53.4 Å². The van der Waals surface area contributed by atoms with Crippen LogP contribution in [-0.4, -0.2) is 40.6 Å². The van der Waals surface area contributed by atoms with Crippen LogP contribution in [0.25, 0.3) is 0 Å². The third kappa shape index (κ3) is 4.09. The molecule has 1 amide bonds. The first-order chi connectivity index (χ1) is 7.91. The van der Waals surface area contributed by atoms with Crippen molar-refractivity contribution in [2.45, 2.75) is 39.2 Å². The molecule has 0 fully saturated rings. The van der Waals surface area contributed by atoms with Crippen LogP contribution in [0.4, 0.5) is 0 Å². The normalized spacial score (nSPS) is 12.8. The van der Waals surface area contributed by atoms with Gasteiger partial charge in [-0.05, 0) is 13.3 Å². The summed E-state index contributed by atoms with van der Waals surface area (Å²) in [5.74, 6) is 0.333. The quantitative estimate of drug-likeness (QED) is 0.878. The highest BCUT2D eigenvalue weighted by atomic mass is 32.1. The molecule has 1 unspecified atom stereocenters. The second-order valence-corrected chi connectivity index (χ2v) is 5.64. The van der Waals surface area contributed by atoms with E-state index in [2.05, 4.69) is 18.8 Å². The van der Waals surface area contributed by atoms with E-state index in [1.165, 1.54) is 11.3 Å². The molecule has 0 spiro atoms. The fourth-order valence-corrected chi connectivity index (χ4v) is 2.24. The van der Waals surface area contributed by atoms with Crippen LogP contribution in [-0.2, 0) is 0 Å². The molecular formula is C12H20N2O2S. The van der Waals surface area contributed by atoms with Crippen molar-refractivity contribution in [1.29, 1.82) is 0 Å². The van der Waals surface area contributed by atoms with Gasteiger partial charge in [0.15, 0.2) is 0 Å². The molecule has 1 rings (SSSR count). The van der Waals surface area contributed by atoms with Crippen LogP contribution in [0.15, 0.2) is 6.20 Å². The highest BCUT2D eigenvalue weighted by molar-refractivity contribution is 7.13. The van der Waals surface area contributed by atoms with Crippen LogP contribution in [0.1, 0.15) is 47.8 Å². The third-order valence-corrected chi connectivity index (χ3v) is 3.74. The van der Waals surface area contributed by atoms with E-state index in [-0.39, 0.29) is 12.0 Å². The molecule has 0 aromatic carbocycles. The van der Waals surface area contributed by atoms with Gasteiger partial charge in [-0.2, -0.15) is 0 Å². The number of amides is 1. The van der Waals surface area contributed by atoms with Crippen LogP contribution < -0.4 is 0 Å². The van der Waals surface area contributed by atoms with Crippen LogP contribution in [0.2, 0.25) is 0 Å². The van der Waals surface area contributed by atoms with E-state index in [0.717, 1.165) is 5.01 Å². The number of hydrogen-bond donors (Lipinski definition) is 1. The minimum Gasteiger partial charge on any atom is -0.393 e. The van der Waals surface area contributed by atoms with Crippen molar-refractivity contribution in [2.24, 2.45) is 0 Å². The minimum absolute atomic E-state index is 0.0185. The van der Waals surface area contributed by atoms with E-state index >= 15 is 0 Å². The van der Waals surface area contributed by atoms with Crippen molar-refractivity contribution < 1.29 is 9.90 Å². The molecule has 1 aromatic rings. The van der Waals surface area contributed by atoms with Crippen molar-refractivity contribution in [1.82, 2.24) is 9.88 Å². The van der Waals surface area contributed by atoms with Crippen LogP contribution in [0.3, 0.4) is 0 Å². The first-order valence-electron chi connectivity index (χ1n) is 5.81. The summed E-state index contributed by atoms with van der Waals surface area (Å²) >= 11 is 1.45. The lowest BCUT2D eigenvalue weighted by Crippen LogP contribution is -2.28. The molecule has 0 aliphatic heterocycles. The van der Waals surface area contributed by atoms with E-state index in [1.54, 1.807) is 25.1 Å². The number of nitrogens with zero attached hydrogens (tertiary/aromatic N) is 2. The number of aromatic nitrogens is 1. The lowest BCUT2D eigenvalue weighted by atomic mass is 10.2. The summed E-state index contributed by atoms with van der Waals surface area (Å²) in [6, 6.07) is 0. The van der Waals surface area contributed by atoms with E-state index in [4.69, 9.17) is 0 Å². The van der Waals surface area contributed by atoms with Gasteiger partial charge in [-0.25, -0.2) is 4.98 Å². The molecule has 96 valence electrons. The smallest absolute Gasteiger partial charge is 0.265 e. The summed E-state index contributed by atoms with van der Waals surface area (Å²) in [5, 5.41) is 10.2. The molecule has 17 heavy (non-hydrogen) atoms. The third-order valence-electron chi connectivity index (χ3n) is 2.46. The second-order valence-electron chi connectivity index (χ2n) is 4.58. The van der Waals surface area contributed by atoms with Crippen molar-refractivity contribution in [3.63, 3.8) is 0 Å². The zero-order valence-corrected chi connectivity index (χ0v) is 11.6. The van der Waals surface area contributed by atoms with E-state index in [9.17, 15) is 9.90 Å². The summed E-state index contributed by atoms with van der Waals surface area (Å²) in [6.07, 6.45) is 1.86. The predicted molar refractivity (Wildman–Crippen MR) is 69.5 cm³/mol. The lowest BCUT2D eigenvalue weighted by Gasteiger charge is -2.16. The number of aliphatic hydroxyl groups excluding tert-OH is 1. The Bertz CT molecular complexity index is 374. The number of carbonyl (C=O) groups is 1. The van der Waals surface area contributed by atoms with Gasteiger partial charge in [0.25, 0.3) is 5.91 Å². The minimum atomic E-state index is -0.377. The largest absolute Gasteiger partial charge is 0.393 e. The molecule has 5 heteroatoms. The van der Waals surface area contributed by atoms with Gasteiger partial charge in [0.05, 0.1) is 17.3 Å². The van der Waals surface area contributed by atoms with E-state index in [1.807, 2.05) is 0 Å². The number of aliphatic hydroxyl groups is 1. The van der Waals surface area contributed by atoms with Crippen molar-refractivity contribution in [3.8, 4) is 0 Å². The Morgan fingerprint density at radius 3 is 2.65 bits per heavy atom. The van der Waals surface area contributed by atoms with Gasteiger partial charge >= 0.3 is 0 Å². The summed E-state index contributed by atoms with van der Waals surface area (Å²) in [6.45, 7) is 6.40. The highest BCUT2D eigenvalue weighted by Crippen LogP contribution is 2.21. The molecule has 1 N–H and O–H groups in total. The maximum Gasteiger partial charge on any atom is 0.265 e. The zero-order chi connectivity index (χ0) is 13.0. The monoisotopic (exact) mass is 256 g/mol. The molecule has 0 saturated carbocycles. The lowest BCUT2D eigenvalue weighted by molar-refractivity contribution is 0.0773. The SMILES string of the molecule is CC(O)CCN(C)C(=O)c1cnc(C(C)C)s1. The maximum absolute atomic E-state index is 12.0.